The summed E-state index contributed by atoms with van der Waals surface area (Å²) in [6.45, 7) is 7.66. The maximum atomic E-state index is 13.2. The Morgan fingerprint density at radius 1 is 1.23 bits per heavy atom. The highest BCUT2D eigenvalue weighted by Crippen LogP contribution is 2.32. The van der Waals surface area contributed by atoms with Crippen LogP contribution in [0.1, 0.15) is 42.9 Å². The molecule has 0 unspecified atom stereocenters. The zero-order valence-electron chi connectivity index (χ0n) is 19.7. The van der Waals surface area contributed by atoms with Crippen LogP contribution in [-0.4, -0.2) is 51.4 Å². The van der Waals surface area contributed by atoms with Gasteiger partial charge in [0.05, 0.1) is 20.6 Å². The Hall–Kier alpha value is -2.46. The van der Waals surface area contributed by atoms with Crippen molar-refractivity contribution in [1.82, 2.24) is 25.2 Å². The van der Waals surface area contributed by atoms with Crippen LogP contribution in [0.4, 0.5) is 0 Å². The van der Waals surface area contributed by atoms with Crippen molar-refractivity contribution in [3.63, 3.8) is 0 Å². The van der Waals surface area contributed by atoms with E-state index in [1.165, 1.54) is 11.3 Å². The molecule has 0 spiro atoms. The van der Waals surface area contributed by atoms with Gasteiger partial charge in [0.25, 0.3) is 5.91 Å². The highest BCUT2D eigenvalue weighted by molar-refractivity contribution is 7.19. The normalized spacial score (nSPS) is 15.2. The molecule has 1 fully saturated rings. The number of hydrogen-bond donors (Lipinski definition) is 1. The molecule has 10 heteroatoms. The molecule has 0 atom stereocenters. The van der Waals surface area contributed by atoms with E-state index in [1.54, 1.807) is 16.0 Å². The average molecular weight is 530 g/mol. The summed E-state index contributed by atoms with van der Waals surface area (Å²) in [6, 6.07) is 12.0. The summed E-state index contributed by atoms with van der Waals surface area (Å²) >= 11 is 9.09. The summed E-state index contributed by atoms with van der Waals surface area (Å²) in [5, 5.41) is 14.1. The van der Waals surface area contributed by atoms with Gasteiger partial charge < -0.3 is 14.7 Å². The van der Waals surface area contributed by atoms with E-state index < -0.39 is 0 Å². The first-order chi connectivity index (χ1) is 17.0. The van der Waals surface area contributed by atoms with Crippen LogP contribution in [0.15, 0.2) is 46.3 Å². The van der Waals surface area contributed by atoms with Gasteiger partial charge in [0.1, 0.15) is 17.1 Å². The van der Waals surface area contributed by atoms with Gasteiger partial charge in [-0.1, -0.05) is 22.8 Å². The first-order valence-corrected chi connectivity index (χ1v) is 13.9. The fourth-order valence-electron chi connectivity index (χ4n) is 4.37. The molecule has 0 saturated carbocycles. The van der Waals surface area contributed by atoms with Crippen LogP contribution in [-0.2, 0) is 6.54 Å². The third-order valence-electron chi connectivity index (χ3n) is 6.40. The average Bonchev–Trinajstić information content (AvgIpc) is 3.65. The Bertz CT molecular complexity index is 1270. The van der Waals surface area contributed by atoms with Gasteiger partial charge in [-0.3, -0.25) is 9.48 Å². The zero-order chi connectivity index (χ0) is 24.4. The predicted molar refractivity (Wildman–Crippen MR) is 141 cm³/mol. The fraction of sp³-hybridized carbons (Fsp3) is 0.400. The summed E-state index contributed by atoms with van der Waals surface area (Å²) in [4.78, 5) is 17.7. The van der Waals surface area contributed by atoms with Crippen LogP contribution >= 0.6 is 34.3 Å². The molecular formula is C25H28ClN5O2S2. The molecule has 4 aromatic heterocycles. The number of hydrogen-bond acceptors (Lipinski definition) is 7. The lowest BCUT2D eigenvalue weighted by atomic mass is 9.96. The minimum atomic E-state index is -0.111. The van der Waals surface area contributed by atoms with E-state index in [0.29, 0.717) is 46.5 Å². The van der Waals surface area contributed by atoms with Gasteiger partial charge in [-0.15, -0.1) is 22.7 Å². The predicted octanol–water partition coefficient (Wildman–Crippen LogP) is 5.88. The molecule has 184 valence electrons. The standard InChI is InChI=1S/C25H28ClN5O2S2/c1-16(2)30-9-7-17(8-10-30)14-27-25(32)20-13-19(22-4-3-11-34-22)28-31(20)15-18-12-21(33-29-18)23-5-6-24(26)35-23/h3-6,11-13,16-17H,7-10,14-15H2,1-2H3,(H,27,32). The second kappa shape index (κ2) is 10.7. The quantitative estimate of drug-likeness (QED) is 0.308. The lowest BCUT2D eigenvalue weighted by Gasteiger charge is -2.34. The van der Waals surface area contributed by atoms with Crippen LogP contribution in [0.25, 0.3) is 21.2 Å². The molecule has 1 aliphatic rings. The van der Waals surface area contributed by atoms with Gasteiger partial charge in [0, 0.05) is 18.7 Å². The first kappa shape index (κ1) is 24.2. The maximum absolute atomic E-state index is 13.2. The molecule has 5 rings (SSSR count). The van der Waals surface area contributed by atoms with Crippen molar-refractivity contribution in [2.24, 2.45) is 5.92 Å². The Morgan fingerprint density at radius 3 is 2.74 bits per heavy atom. The Morgan fingerprint density at radius 2 is 2.06 bits per heavy atom. The fourth-order valence-corrected chi connectivity index (χ4v) is 6.04. The van der Waals surface area contributed by atoms with Crippen LogP contribution in [0.5, 0.6) is 0 Å². The van der Waals surface area contributed by atoms with E-state index in [0.717, 1.165) is 41.4 Å². The monoisotopic (exact) mass is 529 g/mol. The van der Waals surface area contributed by atoms with Gasteiger partial charge in [-0.25, -0.2) is 0 Å². The highest BCUT2D eigenvalue weighted by Gasteiger charge is 2.23. The Kier molecular flexibility index (Phi) is 7.38. The number of nitrogens with zero attached hydrogens (tertiary/aromatic N) is 4. The number of aromatic nitrogens is 3. The molecule has 1 amide bonds. The minimum absolute atomic E-state index is 0.111. The van der Waals surface area contributed by atoms with Gasteiger partial charge >= 0.3 is 0 Å². The van der Waals surface area contributed by atoms with E-state index in [4.69, 9.17) is 21.2 Å². The number of piperidine rings is 1. The van der Waals surface area contributed by atoms with E-state index in [2.05, 4.69) is 29.2 Å². The molecule has 1 N–H and O–H groups in total. The van der Waals surface area contributed by atoms with Crippen molar-refractivity contribution in [2.75, 3.05) is 19.6 Å². The first-order valence-electron chi connectivity index (χ1n) is 11.8. The van der Waals surface area contributed by atoms with Crippen LogP contribution < -0.4 is 5.32 Å². The molecule has 0 bridgehead atoms. The molecule has 0 radical (unpaired) electrons. The number of halogens is 1. The van der Waals surface area contributed by atoms with E-state index in [-0.39, 0.29) is 5.91 Å². The molecular weight excluding hydrogens is 502 g/mol. The Balaban J connectivity index is 1.30. The summed E-state index contributed by atoms with van der Waals surface area (Å²) in [5.74, 6) is 1.04. The summed E-state index contributed by atoms with van der Waals surface area (Å²) in [5.41, 5.74) is 2.00. The molecule has 35 heavy (non-hydrogen) atoms. The summed E-state index contributed by atoms with van der Waals surface area (Å²) < 4.78 is 7.94. The van der Waals surface area contributed by atoms with Crippen molar-refractivity contribution < 1.29 is 9.32 Å². The van der Waals surface area contributed by atoms with Crippen LogP contribution in [0, 0.1) is 5.92 Å². The molecule has 5 heterocycles. The van der Waals surface area contributed by atoms with Crippen molar-refractivity contribution in [1.29, 1.82) is 0 Å². The van der Waals surface area contributed by atoms with Crippen LogP contribution in [0.3, 0.4) is 0 Å². The number of rotatable bonds is 8. The topological polar surface area (TPSA) is 76.2 Å². The Labute approximate surface area is 217 Å². The van der Waals surface area contributed by atoms with Gasteiger partial charge in [-0.2, -0.15) is 5.10 Å². The second-order valence-corrected chi connectivity index (χ2v) is 11.8. The smallest absolute Gasteiger partial charge is 0.269 e. The van der Waals surface area contributed by atoms with E-state index >= 15 is 0 Å². The third-order valence-corrected chi connectivity index (χ3v) is 8.54. The third kappa shape index (κ3) is 5.69. The zero-order valence-corrected chi connectivity index (χ0v) is 22.1. The lowest BCUT2D eigenvalue weighted by molar-refractivity contribution is 0.0919. The minimum Gasteiger partial charge on any atom is -0.355 e. The number of carbonyl (C=O) groups is 1. The largest absolute Gasteiger partial charge is 0.355 e. The highest BCUT2D eigenvalue weighted by atomic mass is 35.5. The van der Waals surface area contributed by atoms with Crippen LogP contribution in [0.2, 0.25) is 4.34 Å². The lowest BCUT2D eigenvalue weighted by Crippen LogP contribution is -2.41. The van der Waals surface area contributed by atoms with Gasteiger partial charge in [-0.05, 0) is 75.3 Å². The van der Waals surface area contributed by atoms with Gasteiger partial charge in [0.15, 0.2) is 5.76 Å². The van der Waals surface area contributed by atoms with Crippen molar-refractivity contribution in [3.05, 3.63) is 57.5 Å². The molecule has 4 aromatic rings. The summed E-state index contributed by atoms with van der Waals surface area (Å²) in [6.07, 6.45) is 2.21. The van der Waals surface area contributed by atoms with E-state index in [1.807, 2.05) is 41.8 Å². The number of amides is 1. The van der Waals surface area contributed by atoms with Gasteiger partial charge in [0.2, 0.25) is 0 Å². The number of nitrogens with one attached hydrogen (secondary N) is 1. The van der Waals surface area contributed by atoms with E-state index in [9.17, 15) is 4.79 Å². The molecule has 1 aliphatic heterocycles. The number of likely N-dealkylation sites (tertiary alicyclic amines) is 1. The van der Waals surface area contributed by atoms with Crippen molar-refractivity contribution in [2.45, 2.75) is 39.3 Å². The number of thiophene rings is 2. The van der Waals surface area contributed by atoms with Crippen molar-refractivity contribution in [3.8, 4) is 21.2 Å². The molecule has 7 nitrogen and oxygen atoms in total. The molecule has 0 aromatic carbocycles. The molecule has 1 saturated heterocycles. The van der Waals surface area contributed by atoms with Crippen molar-refractivity contribution >= 4 is 40.2 Å². The summed E-state index contributed by atoms with van der Waals surface area (Å²) in [7, 11) is 0. The maximum Gasteiger partial charge on any atom is 0.269 e. The SMILES string of the molecule is CC(C)N1CCC(CNC(=O)c2cc(-c3cccs3)nn2Cc2cc(-c3ccc(Cl)s3)on2)CC1. The second-order valence-electron chi connectivity index (χ2n) is 9.12. The molecule has 0 aliphatic carbocycles. The number of carbonyl (C=O) groups excluding carboxylic acids is 1.